The Kier molecular flexibility index (Phi) is 20.0. The number of para-hydroxylation sites is 2. The van der Waals surface area contributed by atoms with E-state index in [2.05, 4.69) is 31.2 Å². The molecule has 2 aromatic carbocycles. The van der Waals surface area contributed by atoms with E-state index in [0.29, 0.717) is 45.3 Å². The molecule has 6 atom stereocenters. The molecule has 2 saturated heterocycles. The first-order chi connectivity index (χ1) is 34.8. The van der Waals surface area contributed by atoms with Crippen LogP contribution in [0.5, 0.6) is 11.5 Å². The van der Waals surface area contributed by atoms with Gasteiger partial charge in [0.15, 0.2) is 11.4 Å². The van der Waals surface area contributed by atoms with Crippen molar-refractivity contribution in [1.29, 1.82) is 0 Å². The van der Waals surface area contributed by atoms with Crippen LogP contribution in [0.4, 0.5) is 0 Å². The summed E-state index contributed by atoms with van der Waals surface area (Å²) in [6, 6.07) is 9.66. The maximum Gasteiger partial charge on any atom is 0.274 e. The summed E-state index contributed by atoms with van der Waals surface area (Å²) in [5.41, 5.74) is -0.0656. The second-order valence-corrected chi connectivity index (χ2v) is 22.4. The number of aromatic hydroxyl groups is 2. The molecule has 7 N–H and O–H groups in total. The van der Waals surface area contributed by atoms with Crippen molar-refractivity contribution < 1.29 is 58.5 Å². The SMILES string of the molecule is CSC[C@H]1C(=O)SCC(NC(=O)c2nc3ccccc3cc2O)C(=O)NCC(=O)N(C)[C@H]2CSSCC(C(O)N1C)N(C)C(=O)CNC(=O)C(NC(=O)c1nc3ccccc3cc1O)CSC(=O)CN(C)C2=O. The number of fused-ring (bicyclic) bond motifs is 7. The summed E-state index contributed by atoms with van der Waals surface area (Å²) in [5, 5.41) is 43.6. The van der Waals surface area contributed by atoms with Gasteiger partial charge in [-0.2, -0.15) is 11.8 Å². The van der Waals surface area contributed by atoms with Crippen molar-refractivity contribution in [1.82, 2.24) is 50.8 Å². The topological polar surface area (TPSA) is 301 Å². The van der Waals surface area contributed by atoms with Crippen molar-refractivity contribution >= 4 is 130 Å². The predicted molar refractivity (Wildman–Crippen MR) is 282 cm³/mol. The van der Waals surface area contributed by atoms with Gasteiger partial charge in [0.05, 0.1) is 42.8 Å². The number of rotatable bonds is 6. The summed E-state index contributed by atoms with van der Waals surface area (Å²) >= 11 is 2.53. The molecule has 73 heavy (non-hydrogen) atoms. The van der Waals surface area contributed by atoms with Crippen LogP contribution in [0.3, 0.4) is 0 Å². The first-order valence-corrected chi connectivity index (χ1v) is 28.2. The van der Waals surface area contributed by atoms with Gasteiger partial charge in [-0.25, -0.2) is 9.97 Å². The highest BCUT2D eigenvalue weighted by atomic mass is 33.1. The highest BCUT2D eigenvalue weighted by Gasteiger charge is 2.38. The Morgan fingerprint density at radius 1 is 0.712 bits per heavy atom. The zero-order valence-electron chi connectivity index (χ0n) is 40.1. The summed E-state index contributed by atoms with van der Waals surface area (Å²) in [4.78, 5) is 138. The van der Waals surface area contributed by atoms with Crippen molar-refractivity contribution in [3.63, 3.8) is 0 Å². The molecule has 0 aliphatic carbocycles. The second kappa shape index (κ2) is 25.9. The number of carbonyl (C=O) groups is 9. The summed E-state index contributed by atoms with van der Waals surface area (Å²) in [6.07, 6.45) is 0.174. The van der Waals surface area contributed by atoms with Crippen molar-refractivity contribution in [3.8, 4) is 11.5 Å². The molecule has 4 aromatic rings. The highest BCUT2D eigenvalue weighted by Crippen LogP contribution is 2.30. The van der Waals surface area contributed by atoms with Gasteiger partial charge < -0.3 is 51.3 Å². The Labute approximate surface area is 440 Å². The summed E-state index contributed by atoms with van der Waals surface area (Å²) < 4.78 is 0. The Bertz CT molecular complexity index is 2780. The number of nitrogens with one attached hydrogen (secondary N) is 4. The molecular formula is C46H54N10O12S5. The molecule has 0 spiro atoms. The number of hydrogen-bond donors (Lipinski definition) is 7. The van der Waals surface area contributed by atoms with E-state index in [1.165, 1.54) is 61.9 Å². The summed E-state index contributed by atoms with van der Waals surface area (Å²) in [5.74, 6) is -7.61. The lowest BCUT2D eigenvalue weighted by Gasteiger charge is -2.39. The number of carbonyl (C=O) groups excluding carboxylic acids is 9. The molecule has 6 rings (SSSR count). The lowest BCUT2D eigenvalue weighted by molar-refractivity contribution is -0.143. The van der Waals surface area contributed by atoms with Gasteiger partial charge in [-0.1, -0.05) is 81.5 Å². The van der Waals surface area contributed by atoms with Crippen LogP contribution in [0, 0.1) is 0 Å². The number of thioether (sulfide) groups is 3. The molecule has 2 aromatic heterocycles. The predicted octanol–water partition coefficient (Wildman–Crippen LogP) is 0.346. The van der Waals surface area contributed by atoms with E-state index in [1.807, 2.05) is 0 Å². The number of pyridine rings is 2. The number of benzene rings is 2. The number of aliphatic hydroxyl groups excluding tert-OH is 1. The van der Waals surface area contributed by atoms with Crippen LogP contribution < -0.4 is 21.3 Å². The van der Waals surface area contributed by atoms with Gasteiger partial charge in [0.2, 0.25) is 39.8 Å². The van der Waals surface area contributed by atoms with Crippen LogP contribution in [0.15, 0.2) is 60.7 Å². The fourth-order valence-electron chi connectivity index (χ4n) is 7.49. The van der Waals surface area contributed by atoms with Gasteiger partial charge in [-0.15, -0.1) is 0 Å². The van der Waals surface area contributed by atoms with Gasteiger partial charge in [0, 0.05) is 60.7 Å². The molecule has 0 saturated carbocycles. The smallest absolute Gasteiger partial charge is 0.274 e. The second-order valence-electron chi connectivity index (χ2n) is 16.8. The van der Waals surface area contributed by atoms with Gasteiger partial charge in [0.25, 0.3) is 11.8 Å². The third kappa shape index (κ3) is 14.3. The molecule has 390 valence electrons. The van der Waals surface area contributed by atoms with Crippen LogP contribution in [-0.2, 0) is 33.6 Å². The van der Waals surface area contributed by atoms with Gasteiger partial charge in [0.1, 0.15) is 35.9 Å². The molecule has 4 unspecified atom stereocenters. The molecule has 4 heterocycles. The van der Waals surface area contributed by atoms with Crippen LogP contribution in [0.2, 0.25) is 0 Å². The molecule has 2 bridgehead atoms. The van der Waals surface area contributed by atoms with Crippen molar-refractivity contribution in [2.75, 3.05) is 82.8 Å². The van der Waals surface area contributed by atoms with E-state index < -0.39 is 142 Å². The van der Waals surface area contributed by atoms with E-state index >= 15 is 0 Å². The van der Waals surface area contributed by atoms with E-state index in [9.17, 15) is 58.5 Å². The first-order valence-electron chi connectivity index (χ1n) is 22.4. The number of likely N-dealkylation sites (N-methyl/N-ethyl adjacent to an activating group) is 4. The largest absolute Gasteiger partial charge is 0.505 e. The Hall–Kier alpha value is -5.84. The maximum atomic E-state index is 14.3. The summed E-state index contributed by atoms with van der Waals surface area (Å²) in [7, 11) is 7.79. The fourth-order valence-corrected chi connectivity index (χ4v) is 12.8. The number of aromatic nitrogens is 2. The Morgan fingerprint density at radius 2 is 1.21 bits per heavy atom. The average molecular weight is 1100 g/mol. The fraction of sp³-hybridized carbons (Fsp3) is 0.413. The molecule has 22 nitrogen and oxygen atoms in total. The lowest BCUT2D eigenvalue weighted by Crippen LogP contribution is -2.58. The molecule has 0 radical (unpaired) electrons. The van der Waals surface area contributed by atoms with Gasteiger partial charge in [-0.3, -0.25) is 48.1 Å². The van der Waals surface area contributed by atoms with Crippen molar-refractivity contribution in [2.45, 2.75) is 36.4 Å². The molecular weight excluding hydrogens is 1040 g/mol. The first kappa shape index (κ1) is 56.5. The van der Waals surface area contributed by atoms with Crippen LogP contribution >= 0.6 is 56.9 Å². The minimum Gasteiger partial charge on any atom is -0.505 e. The van der Waals surface area contributed by atoms with Gasteiger partial charge >= 0.3 is 0 Å². The standard InChI is InChI=1S/C46H54N10O12S5/c1-53-18-37(61)70-19-28(51-42(64)38-33(57)14-24-10-6-8-12-26(24)49-38)40(62)47-17-36(60)55(3)31-23-73-72-22-30(44(53)66)54(2)35(59)16-48-41(63)29(20-71-46(68)32(21-69-5)56(4)45(31)67)52-43(65)39-34(58)15-25-11-7-9-13-27(25)50-39/h6-15,28-32,45,57-58,67H,16-23H2,1-5H3,(H,47,62)(H,48,63)(H,51,64)(H,52,65)/t28?,29?,30-,31?,32-,45?/m0/s1. The number of nitrogens with zero attached hydrogens (tertiary/aromatic N) is 6. The Balaban J connectivity index is 1.32. The third-order valence-electron chi connectivity index (χ3n) is 11.9. The zero-order chi connectivity index (χ0) is 53.1. The number of hydrogen-bond acceptors (Lipinski definition) is 20. The summed E-state index contributed by atoms with van der Waals surface area (Å²) in [6.45, 7) is -1.85. The minimum absolute atomic E-state index is 0.0238. The highest BCUT2D eigenvalue weighted by molar-refractivity contribution is 8.76. The van der Waals surface area contributed by atoms with E-state index in [1.54, 1.807) is 54.8 Å². The molecule has 2 aliphatic rings. The quantitative estimate of drug-likeness (QED) is 0.128. The normalized spacial score (nSPS) is 23.5. The molecule has 7 amide bonds. The van der Waals surface area contributed by atoms with E-state index in [0.717, 1.165) is 31.4 Å². The van der Waals surface area contributed by atoms with Gasteiger partial charge in [-0.05, 0) is 37.6 Å². The number of amides is 7. The lowest BCUT2D eigenvalue weighted by atomic mass is 10.1. The van der Waals surface area contributed by atoms with Crippen LogP contribution in [0.1, 0.15) is 21.0 Å². The molecule has 2 fully saturated rings. The van der Waals surface area contributed by atoms with Crippen LogP contribution in [0.25, 0.3) is 21.8 Å². The van der Waals surface area contributed by atoms with E-state index in [-0.39, 0.29) is 17.3 Å². The van der Waals surface area contributed by atoms with Crippen molar-refractivity contribution in [3.05, 3.63) is 72.1 Å². The number of aliphatic hydroxyl groups is 1. The molecule has 27 heteroatoms. The third-order valence-corrected chi connectivity index (χ3v) is 17.0. The maximum absolute atomic E-state index is 14.3. The van der Waals surface area contributed by atoms with E-state index in [4.69, 9.17) is 0 Å². The Morgan fingerprint density at radius 3 is 1.74 bits per heavy atom. The minimum atomic E-state index is -1.56. The van der Waals surface area contributed by atoms with Crippen LogP contribution in [-0.4, -0.2) is 216 Å². The molecule has 2 aliphatic heterocycles. The zero-order valence-corrected chi connectivity index (χ0v) is 44.2. The average Bonchev–Trinajstić information content (AvgIpc) is 3.37. The monoisotopic (exact) mass is 1100 g/mol. The van der Waals surface area contributed by atoms with Crippen molar-refractivity contribution in [2.24, 2.45) is 0 Å².